The van der Waals surface area contributed by atoms with Crippen LogP contribution in [0.15, 0.2) is 35.6 Å². The molecule has 0 spiro atoms. The third kappa shape index (κ3) is 5.19. The molecular weight excluding hydrogens is 450 g/mol. The summed E-state index contributed by atoms with van der Waals surface area (Å²) in [7, 11) is 1.72. The molecule has 2 aliphatic rings. The highest BCUT2D eigenvalue weighted by molar-refractivity contribution is 6.36. The molecule has 0 saturated heterocycles. The molecule has 3 nitrogen and oxygen atoms in total. The fraction of sp³-hybridized carbons (Fsp3) is 0.455. The maximum Gasteiger partial charge on any atom is 0.128 e. The Morgan fingerprint density at radius 2 is 1.76 bits per heavy atom. The molecule has 1 fully saturated rings. The minimum absolute atomic E-state index is 0. The summed E-state index contributed by atoms with van der Waals surface area (Å²) < 4.78 is 5.70. The molecule has 1 unspecified atom stereocenters. The molecule has 7 heteroatoms. The van der Waals surface area contributed by atoms with Crippen LogP contribution in [0, 0.1) is 5.92 Å². The Kier molecular flexibility index (Phi) is 9.09. The first kappa shape index (κ1) is 24.3. The van der Waals surface area contributed by atoms with Gasteiger partial charge in [-0.25, -0.2) is 0 Å². The Hall–Kier alpha value is -1.000. The van der Waals surface area contributed by atoms with Crippen LogP contribution < -0.4 is 4.74 Å². The van der Waals surface area contributed by atoms with Crippen LogP contribution in [0.5, 0.6) is 5.75 Å². The Bertz CT molecular complexity index is 846. The number of rotatable bonds is 5. The quantitative estimate of drug-likeness (QED) is 0.468. The average molecular weight is 476 g/mol. The normalized spacial score (nSPS) is 18.3. The molecule has 1 aliphatic carbocycles. The first-order valence-corrected chi connectivity index (χ1v) is 10.4. The number of benzene rings is 1. The number of methoxy groups -OCH3 is 1. The Labute approximate surface area is 195 Å². The molecule has 1 saturated carbocycles. The maximum atomic E-state index is 6.36. The third-order valence-electron chi connectivity index (χ3n) is 5.90. The highest BCUT2D eigenvalue weighted by atomic mass is 35.5. The van der Waals surface area contributed by atoms with Gasteiger partial charge in [-0.15, -0.1) is 24.8 Å². The van der Waals surface area contributed by atoms with E-state index in [9.17, 15) is 0 Å². The van der Waals surface area contributed by atoms with Crippen LogP contribution in [0.25, 0.3) is 0 Å². The largest absolute Gasteiger partial charge is 0.496 e. The summed E-state index contributed by atoms with van der Waals surface area (Å²) in [5, 5.41) is 1.16. The summed E-state index contributed by atoms with van der Waals surface area (Å²) in [5.41, 5.74) is 4.35. The summed E-state index contributed by atoms with van der Waals surface area (Å²) in [6.07, 6.45) is 10.5. The number of nitrogens with zero attached hydrogens (tertiary/aromatic N) is 2. The molecule has 2 heterocycles. The molecular formula is C22H26Cl4N2O. The first-order valence-electron chi connectivity index (χ1n) is 9.65. The van der Waals surface area contributed by atoms with Crippen LogP contribution in [0.2, 0.25) is 10.0 Å². The zero-order valence-electron chi connectivity index (χ0n) is 16.4. The van der Waals surface area contributed by atoms with Crippen molar-refractivity contribution in [1.82, 2.24) is 4.98 Å². The molecule has 158 valence electrons. The Balaban J connectivity index is 0.00000150. The number of hydrogen-bond acceptors (Lipinski definition) is 3. The van der Waals surface area contributed by atoms with E-state index in [1.807, 2.05) is 6.07 Å². The molecule has 29 heavy (non-hydrogen) atoms. The Morgan fingerprint density at radius 1 is 1.07 bits per heavy atom. The number of pyridine rings is 1. The number of aliphatic imine (C=N–C) groups is 1. The third-order valence-corrected chi connectivity index (χ3v) is 6.55. The van der Waals surface area contributed by atoms with E-state index >= 15 is 0 Å². The predicted molar refractivity (Wildman–Crippen MR) is 126 cm³/mol. The monoisotopic (exact) mass is 474 g/mol. The maximum absolute atomic E-state index is 6.36. The van der Waals surface area contributed by atoms with Crippen LogP contribution in [0.4, 0.5) is 0 Å². The molecule has 4 rings (SSSR count). The second-order valence-electron chi connectivity index (χ2n) is 7.55. The van der Waals surface area contributed by atoms with Gasteiger partial charge in [-0.3, -0.25) is 9.98 Å². The smallest absolute Gasteiger partial charge is 0.128 e. The van der Waals surface area contributed by atoms with Gasteiger partial charge in [0.2, 0.25) is 0 Å². The van der Waals surface area contributed by atoms with E-state index in [0.29, 0.717) is 22.4 Å². The molecule has 0 N–H and O–H groups in total. The van der Waals surface area contributed by atoms with Crippen LogP contribution in [-0.4, -0.2) is 24.4 Å². The van der Waals surface area contributed by atoms with E-state index in [1.54, 1.807) is 19.5 Å². The van der Waals surface area contributed by atoms with Crippen molar-refractivity contribution in [3.05, 3.63) is 57.3 Å². The van der Waals surface area contributed by atoms with Crippen molar-refractivity contribution < 1.29 is 4.74 Å². The van der Waals surface area contributed by atoms with Crippen molar-refractivity contribution in [3.63, 3.8) is 0 Å². The molecule has 0 radical (unpaired) electrons. The zero-order chi connectivity index (χ0) is 18.8. The molecule has 2 aromatic rings. The van der Waals surface area contributed by atoms with Crippen molar-refractivity contribution in [2.75, 3.05) is 13.7 Å². The molecule has 0 bridgehead atoms. The minimum Gasteiger partial charge on any atom is -0.496 e. The summed E-state index contributed by atoms with van der Waals surface area (Å²) >= 11 is 12.7. The van der Waals surface area contributed by atoms with Crippen molar-refractivity contribution in [2.45, 2.75) is 44.4 Å². The van der Waals surface area contributed by atoms with Crippen LogP contribution in [-0.2, 0) is 6.42 Å². The zero-order valence-corrected chi connectivity index (χ0v) is 19.5. The average Bonchev–Trinajstić information content (AvgIpc) is 3.19. The second-order valence-corrected chi connectivity index (χ2v) is 8.37. The fourth-order valence-electron chi connectivity index (χ4n) is 4.53. The van der Waals surface area contributed by atoms with Crippen molar-refractivity contribution in [3.8, 4) is 5.75 Å². The standard InChI is InChI=1S/C22H24Cl2N2O.2ClH/c1-27-21-8-4-7-16-15(9-14-5-2-3-6-14)11-26-20(22(16)21)10-17-18(23)12-25-13-19(17)24;;/h4,7-8,12-15H,2-3,5-6,9-11H2,1H3;2*1H. The van der Waals surface area contributed by atoms with Crippen LogP contribution >= 0.6 is 48.0 Å². The van der Waals surface area contributed by atoms with Gasteiger partial charge >= 0.3 is 0 Å². The molecule has 0 amide bonds. The number of fused-ring (bicyclic) bond motifs is 1. The number of halogens is 4. The minimum atomic E-state index is 0. The number of hydrogen-bond donors (Lipinski definition) is 0. The van der Waals surface area contributed by atoms with Gasteiger partial charge in [0, 0.05) is 36.8 Å². The number of aromatic nitrogens is 1. The van der Waals surface area contributed by atoms with Crippen molar-refractivity contribution >= 4 is 53.7 Å². The van der Waals surface area contributed by atoms with E-state index in [0.717, 1.165) is 35.1 Å². The van der Waals surface area contributed by atoms with Crippen LogP contribution in [0.1, 0.15) is 54.7 Å². The second kappa shape index (κ2) is 10.9. The van der Waals surface area contributed by atoms with Crippen molar-refractivity contribution in [1.29, 1.82) is 0 Å². The highest BCUT2D eigenvalue weighted by Crippen LogP contribution is 2.40. The summed E-state index contributed by atoms with van der Waals surface area (Å²) in [6, 6.07) is 6.35. The molecule has 1 atom stereocenters. The van der Waals surface area contributed by atoms with E-state index in [4.69, 9.17) is 32.9 Å². The number of ether oxygens (including phenoxy) is 1. The van der Waals surface area contributed by atoms with Gasteiger partial charge in [0.25, 0.3) is 0 Å². The lowest BCUT2D eigenvalue weighted by atomic mass is 9.81. The van der Waals surface area contributed by atoms with Gasteiger partial charge in [0.05, 0.1) is 22.9 Å². The van der Waals surface area contributed by atoms with Gasteiger partial charge in [-0.1, -0.05) is 61.0 Å². The predicted octanol–water partition coefficient (Wildman–Crippen LogP) is 6.95. The van der Waals surface area contributed by atoms with E-state index in [-0.39, 0.29) is 24.8 Å². The lowest BCUT2D eigenvalue weighted by Crippen LogP contribution is -2.22. The fourth-order valence-corrected chi connectivity index (χ4v) is 5.03. The van der Waals surface area contributed by atoms with Gasteiger partial charge in [-0.2, -0.15) is 0 Å². The summed E-state index contributed by atoms with van der Waals surface area (Å²) in [5.74, 6) is 2.17. The lowest BCUT2D eigenvalue weighted by molar-refractivity contribution is 0.408. The van der Waals surface area contributed by atoms with Gasteiger partial charge < -0.3 is 4.74 Å². The lowest BCUT2D eigenvalue weighted by Gasteiger charge is -2.28. The van der Waals surface area contributed by atoms with E-state index in [1.165, 1.54) is 37.7 Å². The van der Waals surface area contributed by atoms with Gasteiger partial charge in [-0.05, 0) is 29.5 Å². The van der Waals surface area contributed by atoms with E-state index in [2.05, 4.69) is 17.1 Å². The first-order chi connectivity index (χ1) is 13.2. The summed E-state index contributed by atoms with van der Waals surface area (Å²) in [4.78, 5) is 9.04. The van der Waals surface area contributed by atoms with E-state index < -0.39 is 0 Å². The Morgan fingerprint density at radius 3 is 2.41 bits per heavy atom. The summed E-state index contributed by atoms with van der Waals surface area (Å²) in [6.45, 7) is 0.826. The SMILES string of the molecule is COc1cccc2c1C(Cc1c(Cl)cncc1Cl)=NCC2CC1CCCC1.Cl.Cl. The van der Waals surface area contributed by atoms with Gasteiger partial charge in [0.15, 0.2) is 0 Å². The molecule has 1 aromatic carbocycles. The topological polar surface area (TPSA) is 34.5 Å². The molecule has 1 aromatic heterocycles. The molecule has 1 aliphatic heterocycles. The highest BCUT2D eigenvalue weighted by Gasteiger charge is 2.29. The van der Waals surface area contributed by atoms with Crippen LogP contribution in [0.3, 0.4) is 0 Å². The van der Waals surface area contributed by atoms with Gasteiger partial charge in [0.1, 0.15) is 5.75 Å². The van der Waals surface area contributed by atoms with Crippen molar-refractivity contribution in [2.24, 2.45) is 10.9 Å².